The Morgan fingerprint density at radius 3 is 2.41 bits per heavy atom. The van der Waals surface area contributed by atoms with Crippen molar-refractivity contribution in [2.45, 2.75) is 50.2 Å². The van der Waals surface area contributed by atoms with E-state index in [1.807, 2.05) is 28.0 Å². The van der Waals surface area contributed by atoms with E-state index in [0.717, 1.165) is 58.6 Å². The molecule has 2 aliphatic heterocycles. The zero-order chi connectivity index (χ0) is 22.8. The van der Waals surface area contributed by atoms with Crippen LogP contribution in [0.1, 0.15) is 48.5 Å². The third-order valence-electron chi connectivity index (χ3n) is 8.18. The van der Waals surface area contributed by atoms with E-state index in [2.05, 4.69) is 53.5 Å². The van der Waals surface area contributed by atoms with Crippen molar-refractivity contribution in [3.8, 4) is 0 Å². The molecule has 1 saturated heterocycles. The third kappa shape index (κ3) is 2.79. The summed E-state index contributed by atoms with van der Waals surface area (Å²) in [5.74, 6) is 0.173. The highest BCUT2D eigenvalue weighted by Crippen LogP contribution is 2.44. The Morgan fingerprint density at radius 1 is 0.824 bits per heavy atom. The van der Waals surface area contributed by atoms with Crippen LogP contribution in [0.2, 0.25) is 0 Å². The fourth-order valence-corrected chi connectivity index (χ4v) is 6.62. The van der Waals surface area contributed by atoms with E-state index in [-0.39, 0.29) is 30.4 Å². The van der Waals surface area contributed by atoms with Crippen molar-refractivity contribution >= 4 is 33.5 Å². The van der Waals surface area contributed by atoms with Gasteiger partial charge in [-0.3, -0.25) is 9.59 Å². The maximum atomic E-state index is 13.9. The smallest absolute Gasteiger partial charge is 0.246 e. The number of hydrogen-bond acceptors (Lipinski definition) is 2. The van der Waals surface area contributed by atoms with Gasteiger partial charge in [0.1, 0.15) is 12.6 Å². The Bertz CT molecular complexity index is 1440. The van der Waals surface area contributed by atoms with E-state index < -0.39 is 6.04 Å². The summed E-state index contributed by atoms with van der Waals surface area (Å²) in [5, 5.41) is 3.42. The molecule has 1 aromatic heterocycles. The second-order valence-electron chi connectivity index (χ2n) is 9.96. The zero-order valence-corrected chi connectivity index (χ0v) is 19.0. The number of carbonyl (C=O) groups is 2. The van der Waals surface area contributed by atoms with Crippen LogP contribution in [0, 0.1) is 0 Å². The summed E-state index contributed by atoms with van der Waals surface area (Å²) in [5.41, 5.74) is 4.35. The minimum Gasteiger partial charge on any atom is -0.356 e. The molecule has 3 heterocycles. The van der Waals surface area contributed by atoms with Crippen LogP contribution in [-0.4, -0.2) is 45.2 Å². The second-order valence-corrected chi connectivity index (χ2v) is 9.96. The molecule has 2 amide bonds. The van der Waals surface area contributed by atoms with Crippen molar-refractivity contribution < 1.29 is 9.59 Å². The number of amides is 2. The molecule has 34 heavy (non-hydrogen) atoms. The van der Waals surface area contributed by atoms with Crippen LogP contribution in [0.4, 0.5) is 0 Å². The molecular formula is C29H27N3O2. The van der Waals surface area contributed by atoms with E-state index in [4.69, 9.17) is 0 Å². The average molecular weight is 450 g/mol. The number of carbonyl (C=O) groups excluding carboxylic acids is 2. The first kappa shape index (κ1) is 19.8. The van der Waals surface area contributed by atoms with Gasteiger partial charge in [0.25, 0.3) is 0 Å². The molecule has 2 unspecified atom stereocenters. The molecular weight excluding hydrogens is 422 g/mol. The predicted octanol–water partition coefficient (Wildman–Crippen LogP) is 4.95. The van der Waals surface area contributed by atoms with E-state index in [9.17, 15) is 9.59 Å². The SMILES string of the molecule is O=C1C2Cc3c([nH]c4ccccc34)C(c3cccc4ccccc34)N2C(=O)CN1C1CCCC1. The van der Waals surface area contributed by atoms with E-state index in [1.54, 1.807) is 0 Å². The number of benzene rings is 3. The molecule has 5 heteroatoms. The standard InChI is InChI=1S/C29H27N3O2/c33-26-17-31(19-10-2-3-11-19)29(34)25-16-23-21-13-5-6-15-24(21)30-27(23)28(32(25)26)22-14-7-9-18-8-1-4-12-20(18)22/h1,4-9,12-15,19,25,28,30H,2-3,10-11,16-17H2. The molecule has 5 nitrogen and oxygen atoms in total. The molecule has 3 aromatic carbocycles. The molecule has 1 saturated carbocycles. The summed E-state index contributed by atoms with van der Waals surface area (Å²) >= 11 is 0. The predicted molar refractivity (Wildman–Crippen MR) is 132 cm³/mol. The molecule has 2 atom stereocenters. The van der Waals surface area contributed by atoms with Gasteiger partial charge in [-0.1, -0.05) is 73.5 Å². The minimum absolute atomic E-state index is 0.0544. The highest BCUT2D eigenvalue weighted by atomic mass is 16.2. The Kier molecular flexibility index (Phi) is 4.35. The van der Waals surface area contributed by atoms with Gasteiger partial charge in [0, 0.05) is 29.1 Å². The van der Waals surface area contributed by atoms with Crippen LogP contribution in [0.5, 0.6) is 0 Å². The number of nitrogens with one attached hydrogen (secondary N) is 1. The topological polar surface area (TPSA) is 56.4 Å². The number of aromatic nitrogens is 1. The summed E-state index contributed by atoms with van der Waals surface area (Å²) in [6, 6.07) is 22.3. The van der Waals surface area contributed by atoms with Gasteiger partial charge in [0.15, 0.2) is 0 Å². The molecule has 7 rings (SSSR count). The summed E-state index contributed by atoms with van der Waals surface area (Å²) in [4.78, 5) is 35.2. The van der Waals surface area contributed by atoms with Gasteiger partial charge in [-0.15, -0.1) is 0 Å². The summed E-state index contributed by atoms with van der Waals surface area (Å²) in [6.45, 7) is 0.191. The van der Waals surface area contributed by atoms with Crippen LogP contribution >= 0.6 is 0 Å². The average Bonchev–Trinajstić information content (AvgIpc) is 3.53. The van der Waals surface area contributed by atoms with Crippen LogP contribution in [0.3, 0.4) is 0 Å². The van der Waals surface area contributed by atoms with Crippen molar-refractivity contribution in [1.29, 1.82) is 0 Å². The lowest BCUT2D eigenvalue weighted by atomic mass is 9.84. The molecule has 4 aromatic rings. The third-order valence-corrected chi connectivity index (χ3v) is 8.18. The lowest BCUT2D eigenvalue weighted by Crippen LogP contribution is -2.64. The largest absolute Gasteiger partial charge is 0.356 e. The number of para-hydroxylation sites is 1. The molecule has 170 valence electrons. The molecule has 1 N–H and O–H groups in total. The van der Waals surface area contributed by atoms with Crippen LogP contribution in [-0.2, 0) is 16.0 Å². The maximum absolute atomic E-state index is 13.9. The fraction of sp³-hybridized carbons (Fsp3) is 0.310. The van der Waals surface area contributed by atoms with Crippen molar-refractivity contribution in [1.82, 2.24) is 14.8 Å². The van der Waals surface area contributed by atoms with Gasteiger partial charge in [0.2, 0.25) is 11.8 Å². The van der Waals surface area contributed by atoms with Crippen LogP contribution in [0.25, 0.3) is 21.7 Å². The van der Waals surface area contributed by atoms with Gasteiger partial charge < -0.3 is 14.8 Å². The number of H-pyrrole nitrogens is 1. The first-order valence-corrected chi connectivity index (χ1v) is 12.4. The van der Waals surface area contributed by atoms with Crippen molar-refractivity contribution in [2.75, 3.05) is 6.54 Å². The number of rotatable bonds is 2. The van der Waals surface area contributed by atoms with Gasteiger partial charge in [-0.25, -0.2) is 0 Å². The molecule has 3 aliphatic rings. The van der Waals surface area contributed by atoms with E-state index in [0.29, 0.717) is 6.42 Å². The molecule has 1 aliphatic carbocycles. The molecule has 0 spiro atoms. The number of piperazine rings is 1. The highest BCUT2D eigenvalue weighted by Gasteiger charge is 2.49. The zero-order valence-electron chi connectivity index (χ0n) is 19.0. The number of hydrogen-bond donors (Lipinski definition) is 1. The minimum atomic E-state index is -0.461. The summed E-state index contributed by atoms with van der Waals surface area (Å²) in [7, 11) is 0. The van der Waals surface area contributed by atoms with Crippen molar-refractivity contribution in [3.63, 3.8) is 0 Å². The van der Waals surface area contributed by atoms with E-state index in [1.165, 1.54) is 5.56 Å². The maximum Gasteiger partial charge on any atom is 0.246 e. The molecule has 2 fully saturated rings. The van der Waals surface area contributed by atoms with Crippen molar-refractivity contribution in [2.24, 2.45) is 0 Å². The highest BCUT2D eigenvalue weighted by molar-refractivity contribution is 5.98. The Hall–Kier alpha value is -3.60. The second kappa shape index (κ2) is 7.45. The number of nitrogens with zero attached hydrogens (tertiary/aromatic N) is 2. The lowest BCUT2D eigenvalue weighted by Gasteiger charge is -2.48. The van der Waals surface area contributed by atoms with Crippen molar-refractivity contribution in [3.05, 3.63) is 83.6 Å². The Labute approximate surface area is 198 Å². The van der Waals surface area contributed by atoms with Gasteiger partial charge in [-0.05, 0) is 40.8 Å². The first-order chi connectivity index (χ1) is 16.7. The van der Waals surface area contributed by atoms with Gasteiger partial charge in [0.05, 0.1) is 6.04 Å². The quantitative estimate of drug-likeness (QED) is 0.471. The first-order valence-electron chi connectivity index (χ1n) is 12.4. The summed E-state index contributed by atoms with van der Waals surface area (Å²) < 4.78 is 0. The van der Waals surface area contributed by atoms with Gasteiger partial charge >= 0.3 is 0 Å². The van der Waals surface area contributed by atoms with Crippen LogP contribution in [0.15, 0.2) is 66.7 Å². The summed E-state index contributed by atoms with van der Waals surface area (Å²) in [6.07, 6.45) is 4.87. The van der Waals surface area contributed by atoms with Crippen LogP contribution < -0.4 is 0 Å². The monoisotopic (exact) mass is 449 g/mol. The van der Waals surface area contributed by atoms with Gasteiger partial charge in [-0.2, -0.15) is 0 Å². The Balaban J connectivity index is 1.45. The molecule has 0 radical (unpaired) electrons. The lowest BCUT2D eigenvalue weighted by molar-refractivity contribution is -0.160. The van der Waals surface area contributed by atoms with E-state index >= 15 is 0 Å². The number of aromatic amines is 1. The Morgan fingerprint density at radius 2 is 1.56 bits per heavy atom. The normalized spacial score (nSPS) is 23.1. The number of fused-ring (bicyclic) bond motifs is 5. The molecule has 0 bridgehead atoms. The fourth-order valence-electron chi connectivity index (χ4n) is 6.62.